The topological polar surface area (TPSA) is 116 Å². The van der Waals surface area contributed by atoms with Gasteiger partial charge in [0.1, 0.15) is 0 Å². The smallest absolute Gasteiger partial charge is 0.0930 e. The van der Waals surface area contributed by atoms with Crippen molar-refractivity contribution in [2.45, 2.75) is 39.9 Å². The van der Waals surface area contributed by atoms with E-state index in [4.69, 9.17) is 0 Å². The predicted molar refractivity (Wildman–Crippen MR) is 129 cm³/mol. The van der Waals surface area contributed by atoms with Crippen LogP contribution in [0.2, 0.25) is 0 Å². The molecule has 0 fully saturated rings. The molecule has 8 nitrogen and oxygen atoms in total. The molecule has 2 radical (unpaired) electrons. The molecule has 178 valence electrons. The Balaban J connectivity index is 0.00000289. The molecule has 0 aromatic carbocycles. The van der Waals surface area contributed by atoms with Crippen LogP contribution in [0.25, 0.3) is 0 Å². The third-order valence-electron chi connectivity index (χ3n) is 5.14. The summed E-state index contributed by atoms with van der Waals surface area (Å²) in [5.74, 6) is 0. The number of aliphatic hydroxyl groups is 2. The van der Waals surface area contributed by atoms with Crippen molar-refractivity contribution in [1.82, 2.24) is 9.97 Å². The van der Waals surface area contributed by atoms with E-state index in [-0.39, 0.29) is 63.3 Å². The minimum Gasteiger partial charge on any atom is -0.389 e. The van der Waals surface area contributed by atoms with Crippen LogP contribution in [-0.4, -0.2) is 81.4 Å². The fourth-order valence-electron chi connectivity index (χ4n) is 3.08. The molecule has 0 amide bonds. The Hall–Kier alpha value is -1.93. The number of pyridine rings is 2. The second-order valence-electron chi connectivity index (χ2n) is 7.83. The van der Waals surface area contributed by atoms with Gasteiger partial charge in [0.15, 0.2) is 0 Å². The number of aliphatic hydroxyl groups excluding tert-OH is 2. The van der Waals surface area contributed by atoms with E-state index in [9.17, 15) is 10.2 Å². The molecule has 0 spiro atoms. The maximum atomic E-state index is 10.3. The van der Waals surface area contributed by atoms with E-state index >= 15 is 0 Å². The number of fused-ring (bicyclic) bond motifs is 4. The summed E-state index contributed by atoms with van der Waals surface area (Å²) in [6.45, 7) is 8.38. The largest absolute Gasteiger partial charge is 0.389 e. The summed E-state index contributed by atoms with van der Waals surface area (Å²) in [6.07, 6.45) is -1.41. The Bertz CT molecular complexity index is 925. The molecule has 1 aliphatic heterocycles. The fraction of sp³-hybridized carbons (Fsp3) is 0.417. The van der Waals surface area contributed by atoms with Crippen LogP contribution in [-0.2, 0) is 37.1 Å². The monoisotopic (exact) mass is 536 g/mol. The zero-order valence-electron chi connectivity index (χ0n) is 19.9. The number of hydrogen-bond donors (Lipinski definition) is 2. The zero-order valence-corrected chi connectivity index (χ0v) is 22.7. The summed E-state index contributed by atoms with van der Waals surface area (Å²) in [5, 5.41) is 20.7. The molecule has 4 bridgehead atoms. The van der Waals surface area contributed by atoms with Crippen molar-refractivity contribution in [3.8, 4) is 0 Å². The van der Waals surface area contributed by atoms with E-state index in [1.807, 2.05) is 64.1 Å². The maximum absolute atomic E-state index is 10.3. The van der Waals surface area contributed by atoms with Gasteiger partial charge in [0, 0.05) is 37.1 Å². The van der Waals surface area contributed by atoms with Crippen LogP contribution < -0.4 is 0 Å². The van der Waals surface area contributed by atoms with Gasteiger partial charge in [-0.1, -0.05) is 12.1 Å². The Morgan fingerprint density at radius 1 is 0.529 bits per heavy atom. The summed E-state index contributed by atoms with van der Waals surface area (Å²) in [5.41, 5.74) is 5.81. The summed E-state index contributed by atoms with van der Waals surface area (Å²) >= 11 is 0. The predicted octanol–water partition coefficient (Wildman–Crippen LogP) is 2.14. The fourth-order valence-corrected chi connectivity index (χ4v) is 3.08. The summed E-state index contributed by atoms with van der Waals surface area (Å²) < 4.78 is 0. The number of rotatable bonds is 0. The van der Waals surface area contributed by atoms with Crippen LogP contribution in [0.4, 0.5) is 0 Å². The van der Waals surface area contributed by atoms with Crippen molar-refractivity contribution < 1.29 is 47.3 Å². The van der Waals surface area contributed by atoms with Crippen molar-refractivity contribution in [2.24, 2.45) is 20.0 Å². The SMILES string of the molecule is CC1=NCC(O)CN=C(C)c2cccc(n2)C(C)=NCC(O)CN=C(C)c2cccc1n2.[V].[V]. The van der Waals surface area contributed by atoms with Gasteiger partial charge in [0.05, 0.1) is 84.0 Å². The van der Waals surface area contributed by atoms with Gasteiger partial charge < -0.3 is 10.2 Å². The van der Waals surface area contributed by atoms with Gasteiger partial charge in [0.25, 0.3) is 0 Å². The summed E-state index contributed by atoms with van der Waals surface area (Å²) in [7, 11) is 0. The number of nitrogens with zero attached hydrogens (tertiary/aromatic N) is 6. The third-order valence-corrected chi connectivity index (χ3v) is 5.14. The maximum Gasteiger partial charge on any atom is 0.0930 e. The van der Waals surface area contributed by atoms with Gasteiger partial charge in [-0.3, -0.25) is 20.0 Å². The Morgan fingerprint density at radius 2 is 0.765 bits per heavy atom. The first-order valence-electron chi connectivity index (χ1n) is 10.7. The van der Waals surface area contributed by atoms with Crippen molar-refractivity contribution in [1.29, 1.82) is 0 Å². The summed E-state index contributed by atoms with van der Waals surface area (Å²) in [4.78, 5) is 27.2. The number of aromatic nitrogens is 2. The van der Waals surface area contributed by atoms with E-state index in [2.05, 4.69) is 29.9 Å². The van der Waals surface area contributed by atoms with Gasteiger partial charge >= 0.3 is 0 Å². The van der Waals surface area contributed by atoms with Gasteiger partial charge in [-0.15, -0.1) is 0 Å². The molecular formula is C24H30N6O2V2. The van der Waals surface area contributed by atoms with E-state index in [0.29, 0.717) is 0 Å². The van der Waals surface area contributed by atoms with Gasteiger partial charge in [-0.25, -0.2) is 9.97 Å². The first-order chi connectivity index (χ1) is 15.3. The van der Waals surface area contributed by atoms with Crippen LogP contribution in [0.5, 0.6) is 0 Å². The molecule has 34 heavy (non-hydrogen) atoms. The molecular weight excluding hydrogens is 506 g/mol. The zero-order chi connectivity index (χ0) is 23.1. The van der Waals surface area contributed by atoms with Gasteiger partial charge in [-0.05, 0) is 52.0 Å². The Kier molecular flexibility index (Phi) is 12.8. The minimum atomic E-state index is -0.704. The third kappa shape index (κ3) is 8.69. The molecule has 2 N–H and O–H groups in total. The molecule has 3 heterocycles. The molecule has 1 aliphatic rings. The second kappa shape index (κ2) is 14.5. The second-order valence-corrected chi connectivity index (χ2v) is 7.83. The van der Waals surface area contributed by atoms with Crippen molar-refractivity contribution in [3.63, 3.8) is 0 Å². The quantitative estimate of drug-likeness (QED) is 0.537. The average Bonchev–Trinajstić information content (AvgIpc) is 2.82. The van der Waals surface area contributed by atoms with Crippen molar-refractivity contribution in [3.05, 3.63) is 59.2 Å². The molecule has 0 aliphatic carbocycles. The van der Waals surface area contributed by atoms with Crippen molar-refractivity contribution >= 4 is 22.8 Å². The van der Waals surface area contributed by atoms with Gasteiger partial charge in [-0.2, -0.15) is 0 Å². The Morgan fingerprint density at radius 3 is 1.00 bits per heavy atom. The molecule has 3 rings (SSSR count). The first kappa shape index (κ1) is 30.1. The standard InChI is InChI=1S/C24H30N6O2.2V/c1-15-21-7-5-8-22(29-21)16(2)27-13-20(32)14-28-18(4)24-10-6-9-23(30-24)17(3)26-12-19(31)11-25-15;;/h5-10,19-20,31-32H,11-14H2,1-4H3;;. The molecule has 0 saturated heterocycles. The van der Waals surface area contributed by atoms with Crippen LogP contribution in [0.3, 0.4) is 0 Å². The number of aliphatic imine (C=N–C) groups is 4. The van der Waals surface area contributed by atoms with Crippen LogP contribution in [0.15, 0.2) is 56.4 Å². The summed E-state index contributed by atoms with van der Waals surface area (Å²) in [6, 6.07) is 11.3. The normalized spacial score (nSPS) is 19.8. The number of hydrogen-bond acceptors (Lipinski definition) is 8. The van der Waals surface area contributed by atoms with Gasteiger partial charge in [0.2, 0.25) is 0 Å². The van der Waals surface area contributed by atoms with E-state index in [0.717, 1.165) is 45.6 Å². The molecule has 0 unspecified atom stereocenters. The molecule has 0 saturated carbocycles. The molecule has 2 aromatic heterocycles. The van der Waals surface area contributed by atoms with Crippen molar-refractivity contribution in [2.75, 3.05) is 26.2 Å². The van der Waals surface area contributed by atoms with E-state index < -0.39 is 12.2 Å². The van der Waals surface area contributed by atoms with E-state index in [1.165, 1.54) is 0 Å². The molecule has 0 atom stereocenters. The van der Waals surface area contributed by atoms with E-state index in [1.54, 1.807) is 0 Å². The molecule has 10 heteroatoms. The van der Waals surface area contributed by atoms with Crippen LogP contribution in [0, 0.1) is 0 Å². The first-order valence-corrected chi connectivity index (χ1v) is 10.7. The van der Waals surface area contributed by atoms with Crippen LogP contribution >= 0.6 is 0 Å². The van der Waals surface area contributed by atoms with Crippen LogP contribution in [0.1, 0.15) is 50.5 Å². The average molecular weight is 536 g/mol. The minimum absolute atomic E-state index is 0. The molecule has 2 aromatic rings. The Labute approximate surface area is 224 Å².